The summed E-state index contributed by atoms with van der Waals surface area (Å²) in [6.07, 6.45) is 6.40. The number of nitrogens with zero attached hydrogens (tertiary/aromatic N) is 1. The van der Waals surface area contributed by atoms with Crippen LogP contribution in [0.15, 0.2) is 6.07 Å². The molecule has 1 N–H and O–H groups in total. The second-order valence-electron chi connectivity index (χ2n) is 9.52. The van der Waals surface area contributed by atoms with Gasteiger partial charge in [-0.2, -0.15) is 0 Å². The average molecular weight is 431 g/mol. The summed E-state index contributed by atoms with van der Waals surface area (Å²) in [6, 6.07) is 1.93. The van der Waals surface area contributed by atoms with Gasteiger partial charge in [-0.1, -0.05) is 31.1 Å². The van der Waals surface area contributed by atoms with Crippen LogP contribution in [-0.2, 0) is 9.53 Å². The van der Waals surface area contributed by atoms with E-state index in [0.29, 0.717) is 16.5 Å². The predicted molar refractivity (Wildman–Crippen MR) is 122 cm³/mol. The molecule has 0 spiro atoms. The summed E-state index contributed by atoms with van der Waals surface area (Å²) in [4.78, 5) is 29.0. The molecule has 6 heteroatoms. The van der Waals surface area contributed by atoms with Gasteiger partial charge in [0.1, 0.15) is 4.88 Å². The molecule has 1 aromatic rings. The van der Waals surface area contributed by atoms with Gasteiger partial charge in [-0.3, -0.25) is 4.79 Å². The minimum Gasteiger partial charge on any atom is -0.465 e. The highest BCUT2D eigenvalue weighted by Gasteiger charge is 2.48. The number of hydrogen-bond acceptors (Lipinski definition) is 5. The lowest BCUT2D eigenvalue weighted by Gasteiger charge is -2.50. The van der Waals surface area contributed by atoms with E-state index in [2.05, 4.69) is 37.9 Å². The van der Waals surface area contributed by atoms with Crippen molar-refractivity contribution >= 4 is 28.9 Å². The molecular weight excluding hydrogens is 396 g/mol. The molecule has 2 heterocycles. The highest BCUT2D eigenvalue weighted by Crippen LogP contribution is 2.46. The van der Waals surface area contributed by atoms with E-state index in [0.717, 1.165) is 50.1 Å². The molecule has 164 valence electrons. The molecule has 0 bridgehead atoms. The number of carbonyl (C=O) groups excluding carboxylic acids is 2. The summed E-state index contributed by atoms with van der Waals surface area (Å²) in [5, 5.41) is 3.48. The monoisotopic (exact) mass is 430 g/mol. The molecule has 0 radical (unpaired) electrons. The SMILES string of the molecule is COC(=O)c1sc(C#CC(C)(C)C)cc1N(C(C)=O)C1([C@H]2CCNC2)CCCCC1. The Bertz CT molecular complexity index is 844. The summed E-state index contributed by atoms with van der Waals surface area (Å²) in [7, 11) is 1.39. The molecule has 1 saturated carbocycles. The summed E-state index contributed by atoms with van der Waals surface area (Å²) >= 11 is 1.33. The third-order valence-corrected chi connectivity index (χ3v) is 7.20. The second-order valence-corrected chi connectivity index (χ2v) is 10.6. The fourth-order valence-corrected chi connectivity index (χ4v) is 5.83. The highest BCUT2D eigenvalue weighted by molar-refractivity contribution is 7.15. The number of amides is 1. The van der Waals surface area contributed by atoms with Crippen molar-refractivity contribution < 1.29 is 14.3 Å². The predicted octanol–water partition coefficient (Wildman–Crippen LogP) is 4.60. The van der Waals surface area contributed by atoms with Crippen molar-refractivity contribution in [2.45, 2.75) is 71.8 Å². The second kappa shape index (κ2) is 9.11. The minimum absolute atomic E-state index is 0.0120. The van der Waals surface area contributed by atoms with Crippen molar-refractivity contribution in [2.75, 3.05) is 25.1 Å². The van der Waals surface area contributed by atoms with Gasteiger partial charge in [0.05, 0.1) is 23.2 Å². The van der Waals surface area contributed by atoms with Gasteiger partial charge in [-0.15, -0.1) is 11.3 Å². The first-order valence-corrected chi connectivity index (χ1v) is 11.8. The van der Waals surface area contributed by atoms with E-state index in [1.54, 1.807) is 6.92 Å². The minimum atomic E-state index is -0.402. The summed E-state index contributed by atoms with van der Waals surface area (Å²) in [5.41, 5.74) is 0.272. The van der Waals surface area contributed by atoms with Crippen molar-refractivity contribution in [2.24, 2.45) is 11.3 Å². The molecule has 1 aliphatic carbocycles. The molecule has 2 aliphatic rings. The number of esters is 1. The quantitative estimate of drug-likeness (QED) is 0.560. The molecule has 2 fully saturated rings. The average Bonchev–Trinajstić information content (AvgIpc) is 3.36. The van der Waals surface area contributed by atoms with Crippen LogP contribution in [0.4, 0.5) is 5.69 Å². The summed E-state index contributed by atoms with van der Waals surface area (Å²) in [5.74, 6) is 6.43. The first-order chi connectivity index (χ1) is 14.2. The lowest BCUT2D eigenvalue weighted by atomic mass is 9.70. The van der Waals surface area contributed by atoms with Crippen molar-refractivity contribution in [3.8, 4) is 11.8 Å². The Hall–Kier alpha value is -1.84. The van der Waals surface area contributed by atoms with E-state index in [9.17, 15) is 9.59 Å². The van der Waals surface area contributed by atoms with Crippen molar-refractivity contribution in [1.82, 2.24) is 5.32 Å². The summed E-state index contributed by atoms with van der Waals surface area (Å²) in [6.45, 7) is 9.69. The van der Waals surface area contributed by atoms with E-state index in [-0.39, 0.29) is 16.9 Å². The first-order valence-electron chi connectivity index (χ1n) is 10.9. The van der Waals surface area contributed by atoms with Crippen LogP contribution in [-0.4, -0.2) is 37.6 Å². The molecule has 1 amide bonds. The highest BCUT2D eigenvalue weighted by atomic mass is 32.1. The Morgan fingerprint density at radius 2 is 1.97 bits per heavy atom. The van der Waals surface area contributed by atoms with E-state index >= 15 is 0 Å². The lowest BCUT2D eigenvalue weighted by molar-refractivity contribution is -0.118. The molecule has 1 aliphatic heterocycles. The molecule has 0 unspecified atom stereocenters. The number of methoxy groups -OCH3 is 1. The fraction of sp³-hybridized carbons (Fsp3) is 0.667. The van der Waals surface area contributed by atoms with Gasteiger partial charge in [-0.25, -0.2) is 4.79 Å². The Balaban J connectivity index is 2.14. The van der Waals surface area contributed by atoms with E-state index in [1.165, 1.54) is 24.9 Å². The zero-order valence-electron chi connectivity index (χ0n) is 18.9. The van der Waals surface area contributed by atoms with E-state index in [4.69, 9.17) is 4.74 Å². The third kappa shape index (κ3) is 4.73. The van der Waals surface area contributed by atoms with Crippen LogP contribution in [0.2, 0.25) is 0 Å². The van der Waals surface area contributed by atoms with Gasteiger partial charge in [-0.05, 0) is 58.6 Å². The lowest BCUT2D eigenvalue weighted by Crippen LogP contribution is -2.58. The van der Waals surface area contributed by atoms with Crippen LogP contribution in [0.5, 0.6) is 0 Å². The number of rotatable bonds is 4. The zero-order chi connectivity index (χ0) is 21.9. The Morgan fingerprint density at radius 1 is 1.27 bits per heavy atom. The van der Waals surface area contributed by atoms with Crippen molar-refractivity contribution in [3.05, 3.63) is 15.8 Å². The van der Waals surface area contributed by atoms with Crippen LogP contribution in [0.1, 0.15) is 80.8 Å². The van der Waals surface area contributed by atoms with Crippen LogP contribution in [0.25, 0.3) is 0 Å². The molecule has 1 aromatic heterocycles. The maximum atomic E-state index is 13.1. The van der Waals surface area contributed by atoms with Crippen molar-refractivity contribution in [1.29, 1.82) is 0 Å². The maximum absolute atomic E-state index is 13.1. The molecule has 30 heavy (non-hydrogen) atoms. The van der Waals surface area contributed by atoms with Gasteiger partial charge < -0.3 is 15.0 Å². The maximum Gasteiger partial charge on any atom is 0.350 e. The largest absolute Gasteiger partial charge is 0.465 e. The number of hydrogen-bond donors (Lipinski definition) is 1. The smallest absolute Gasteiger partial charge is 0.350 e. The Labute approximate surface area is 184 Å². The first kappa shape index (κ1) is 22.8. The number of ether oxygens (including phenoxy) is 1. The van der Waals surface area contributed by atoms with Crippen LogP contribution >= 0.6 is 11.3 Å². The van der Waals surface area contributed by atoms with Crippen LogP contribution < -0.4 is 10.2 Å². The van der Waals surface area contributed by atoms with Crippen molar-refractivity contribution in [3.63, 3.8) is 0 Å². The van der Waals surface area contributed by atoms with Gasteiger partial charge >= 0.3 is 5.97 Å². The zero-order valence-corrected chi connectivity index (χ0v) is 19.7. The van der Waals surface area contributed by atoms with E-state index in [1.807, 2.05) is 11.0 Å². The van der Waals surface area contributed by atoms with Gasteiger partial charge in [0, 0.05) is 18.9 Å². The number of anilines is 1. The molecule has 3 rings (SSSR count). The number of carbonyl (C=O) groups is 2. The normalized spacial score (nSPS) is 20.9. The topological polar surface area (TPSA) is 58.6 Å². The Morgan fingerprint density at radius 3 is 2.50 bits per heavy atom. The van der Waals surface area contributed by atoms with Gasteiger partial charge in [0.25, 0.3) is 0 Å². The summed E-state index contributed by atoms with van der Waals surface area (Å²) < 4.78 is 5.08. The third-order valence-electron chi connectivity index (χ3n) is 6.18. The molecule has 1 atom stereocenters. The molecule has 0 aromatic carbocycles. The molecular formula is C24H34N2O3S. The Kier molecular flexibility index (Phi) is 6.94. The number of thiophene rings is 1. The van der Waals surface area contributed by atoms with E-state index < -0.39 is 5.97 Å². The fourth-order valence-electron chi connectivity index (χ4n) is 4.91. The van der Waals surface area contributed by atoms with Gasteiger partial charge in [0.2, 0.25) is 5.91 Å². The molecule has 1 saturated heterocycles. The van der Waals surface area contributed by atoms with Crippen LogP contribution in [0.3, 0.4) is 0 Å². The van der Waals surface area contributed by atoms with Gasteiger partial charge in [0.15, 0.2) is 0 Å². The number of nitrogens with one attached hydrogen (secondary N) is 1. The standard InChI is InChI=1S/C24H34N2O3S/c1-17(27)26(24(11-7-6-8-12-24)18-10-14-25-16-18)20-15-19(9-13-23(2,3)4)30-21(20)22(28)29-5/h15,18,25H,6-8,10-12,14,16H2,1-5H3/t18-/m0/s1. The molecule has 5 nitrogen and oxygen atoms in total. The van der Waals surface area contributed by atoms with Crippen LogP contribution in [0, 0.1) is 23.2 Å².